The van der Waals surface area contributed by atoms with Crippen LogP contribution in [-0.2, 0) is 19.9 Å². The molecule has 1 aromatic carbocycles. The second-order valence-electron chi connectivity index (χ2n) is 6.73. The molecule has 5 heteroatoms. The molecule has 5 nitrogen and oxygen atoms in total. The van der Waals surface area contributed by atoms with Crippen molar-refractivity contribution in [2.24, 2.45) is 12.0 Å². The smallest absolute Gasteiger partial charge is 0.160 e. The molecule has 0 atom stereocenters. The molecule has 0 radical (unpaired) electrons. The van der Waals surface area contributed by atoms with Crippen molar-refractivity contribution in [3.8, 4) is 0 Å². The van der Waals surface area contributed by atoms with E-state index >= 15 is 0 Å². The van der Waals surface area contributed by atoms with Gasteiger partial charge in [-0.15, -0.1) is 0 Å². The normalized spacial score (nSPS) is 15.0. The van der Waals surface area contributed by atoms with Crippen molar-refractivity contribution in [1.82, 2.24) is 14.8 Å². The van der Waals surface area contributed by atoms with Crippen LogP contribution in [0, 0.1) is 6.92 Å². The molecule has 2 heterocycles. The van der Waals surface area contributed by atoms with Crippen LogP contribution in [0.25, 0.3) is 11.0 Å². The fraction of sp³-hybridized carbons (Fsp3) is 0.381. The fourth-order valence-corrected chi connectivity index (χ4v) is 4.00. The third-order valence-corrected chi connectivity index (χ3v) is 5.06. The predicted octanol–water partition coefficient (Wildman–Crippen LogP) is 3.66. The SMILES string of the molecule is CC/N=C1\c2ccccc2CCc2c1nc1c(c(C)nn1C)c2NCC. The molecule has 0 saturated carbocycles. The molecule has 1 aliphatic carbocycles. The summed E-state index contributed by atoms with van der Waals surface area (Å²) in [7, 11) is 1.96. The highest BCUT2D eigenvalue weighted by Crippen LogP contribution is 2.35. The molecule has 4 rings (SSSR count). The van der Waals surface area contributed by atoms with E-state index in [1.807, 2.05) is 11.7 Å². The van der Waals surface area contributed by atoms with Gasteiger partial charge in [-0.3, -0.25) is 9.67 Å². The lowest BCUT2D eigenvalue weighted by molar-refractivity contribution is 0.773. The number of aliphatic imine (C=N–C) groups is 1. The van der Waals surface area contributed by atoms with Gasteiger partial charge in [0, 0.05) is 31.3 Å². The van der Waals surface area contributed by atoms with Gasteiger partial charge in [0.25, 0.3) is 0 Å². The van der Waals surface area contributed by atoms with E-state index in [2.05, 4.69) is 55.5 Å². The largest absolute Gasteiger partial charge is 0.384 e. The number of anilines is 1. The topological polar surface area (TPSA) is 55.1 Å². The highest BCUT2D eigenvalue weighted by molar-refractivity contribution is 6.16. The van der Waals surface area contributed by atoms with Crippen molar-refractivity contribution < 1.29 is 0 Å². The number of hydrogen-bond donors (Lipinski definition) is 1. The minimum atomic E-state index is 0.740. The fourth-order valence-electron chi connectivity index (χ4n) is 4.00. The minimum Gasteiger partial charge on any atom is -0.384 e. The van der Waals surface area contributed by atoms with Crippen LogP contribution in [0.15, 0.2) is 29.3 Å². The molecular weight excluding hydrogens is 322 g/mol. The third kappa shape index (κ3) is 2.50. The Balaban J connectivity index is 2.09. The summed E-state index contributed by atoms with van der Waals surface area (Å²) in [5.41, 5.74) is 8.94. The van der Waals surface area contributed by atoms with Crippen molar-refractivity contribution in [3.63, 3.8) is 0 Å². The quantitative estimate of drug-likeness (QED) is 0.786. The Morgan fingerprint density at radius 3 is 2.77 bits per heavy atom. The third-order valence-electron chi connectivity index (χ3n) is 5.06. The standard InChI is InChI=1S/C21H25N5/c1-5-22-18-16-12-11-14-9-7-8-10-15(14)19(23-6-2)20(16)24-21-17(18)13(3)25-26(21)4/h7-10H,5-6,11-12H2,1-4H3,(H,22,24)/b23-19+. The molecule has 0 bridgehead atoms. The van der Waals surface area contributed by atoms with E-state index in [1.54, 1.807) is 0 Å². The molecular formula is C21H25N5. The Morgan fingerprint density at radius 2 is 2.00 bits per heavy atom. The molecule has 2 aromatic heterocycles. The van der Waals surface area contributed by atoms with E-state index in [9.17, 15) is 0 Å². The van der Waals surface area contributed by atoms with E-state index in [1.165, 1.54) is 22.4 Å². The first-order valence-corrected chi connectivity index (χ1v) is 9.38. The van der Waals surface area contributed by atoms with Crippen molar-refractivity contribution in [2.45, 2.75) is 33.6 Å². The Bertz CT molecular complexity index is 1010. The zero-order chi connectivity index (χ0) is 18.3. The monoisotopic (exact) mass is 347 g/mol. The number of rotatable bonds is 3. The van der Waals surface area contributed by atoms with Crippen molar-refractivity contribution in [2.75, 3.05) is 18.4 Å². The predicted molar refractivity (Wildman–Crippen MR) is 107 cm³/mol. The van der Waals surface area contributed by atoms with Gasteiger partial charge in [-0.05, 0) is 39.2 Å². The Kier molecular flexibility index (Phi) is 4.23. The molecule has 0 amide bonds. The van der Waals surface area contributed by atoms with Gasteiger partial charge in [-0.1, -0.05) is 24.3 Å². The number of nitrogens with zero attached hydrogens (tertiary/aromatic N) is 4. The summed E-state index contributed by atoms with van der Waals surface area (Å²) in [6.45, 7) is 7.88. The lowest BCUT2D eigenvalue weighted by atomic mass is 10.0. The van der Waals surface area contributed by atoms with E-state index in [-0.39, 0.29) is 0 Å². The number of benzene rings is 1. The number of nitrogens with one attached hydrogen (secondary N) is 1. The summed E-state index contributed by atoms with van der Waals surface area (Å²) in [6, 6.07) is 8.59. The Labute approximate surface area is 154 Å². The van der Waals surface area contributed by atoms with Gasteiger partial charge < -0.3 is 5.32 Å². The second-order valence-corrected chi connectivity index (χ2v) is 6.73. The van der Waals surface area contributed by atoms with Crippen LogP contribution in [0.4, 0.5) is 5.69 Å². The van der Waals surface area contributed by atoms with Crippen LogP contribution < -0.4 is 5.32 Å². The van der Waals surface area contributed by atoms with Crippen molar-refractivity contribution in [1.29, 1.82) is 0 Å². The zero-order valence-corrected chi connectivity index (χ0v) is 15.9. The first kappa shape index (κ1) is 16.8. The number of pyridine rings is 1. The van der Waals surface area contributed by atoms with Gasteiger partial charge in [0.15, 0.2) is 5.65 Å². The van der Waals surface area contributed by atoms with Crippen LogP contribution in [0.1, 0.15) is 41.9 Å². The van der Waals surface area contributed by atoms with Crippen LogP contribution >= 0.6 is 0 Å². The summed E-state index contributed by atoms with van der Waals surface area (Å²) < 4.78 is 1.88. The number of aromatic nitrogens is 3. The van der Waals surface area contributed by atoms with E-state index < -0.39 is 0 Å². The van der Waals surface area contributed by atoms with E-state index in [4.69, 9.17) is 9.98 Å². The molecule has 3 aromatic rings. The summed E-state index contributed by atoms with van der Waals surface area (Å²) in [6.07, 6.45) is 1.95. The molecule has 0 spiro atoms. The first-order chi connectivity index (χ1) is 12.7. The average molecular weight is 347 g/mol. The summed E-state index contributed by atoms with van der Waals surface area (Å²) in [5.74, 6) is 0. The molecule has 1 N–H and O–H groups in total. The first-order valence-electron chi connectivity index (χ1n) is 9.38. The van der Waals surface area contributed by atoms with Crippen LogP contribution in [0.3, 0.4) is 0 Å². The van der Waals surface area contributed by atoms with Gasteiger partial charge >= 0.3 is 0 Å². The van der Waals surface area contributed by atoms with E-state index in [0.717, 1.165) is 54.1 Å². The second kappa shape index (κ2) is 6.56. The molecule has 0 fully saturated rings. The maximum atomic E-state index is 5.07. The Morgan fingerprint density at radius 1 is 1.19 bits per heavy atom. The highest BCUT2D eigenvalue weighted by Gasteiger charge is 2.26. The average Bonchev–Trinajstić information content (AvgIpc) is 2.83. The van der Waals surface area contributed by atoms with Crippen molar-refractivity contribution in [3.05, 3.63) is 52.3 Å². The lowest BCUT2D eigenvalue weighted by Gasteiger charge is -2.16. The highest BCUT2D eigenvalue weighted by atomic mass is 15.3. The maximum Gasteiger partial charge on any atom is 0.160 e. The molecule has 0 saturated heterocycles. The van der Waals surface area contributed by atoms with Crippen LogP contribution in [0.2, 0.25) is 0 Å². The number of aryl methyl sites for hydroxylation is 3. The van der Waals surface area contributed by atoms with Crippen LogP contribution in [0.5, 0.6) is 0 Å². The van der Waals surface area contributed by atoms with Gasteiger partial charge in [0.1, 0.15) is 0 Å². The summed E-state index contributed by atoms with van der Waals surface area (Å²) in [4.78, 5) is 9.94. The minimum absolute atomic E-state index is 0.740. The maximum absolute atomic E-state index is 5.07. The number of fused-ring (bicyclic) bond motifs is 3. The van der Waals surface area contributed by atoms with Gasteiger partial charge in [0.05, 0.1) is 28.2 Å². The summed E-state index contributed by atoms with van der Waals surface area (Å²) in [5, 5.41) is 9.35. The van der Waals surface area contributed by atoms with Gasteiger partial charge in [-0.25, -0.2) is 4.98 Å². The van der Waals surface area contributed by atoms with Gasteiger partial charge in [-0.2, -0.15) is 5.10 Å². The van der Waals surface area contributed by atoms with Crippen LogP contribution in [-0.4, -0.2) is 33.6 Å². The molecule has 1 aliphatic rings. The van der Waals surface area contributed by atoms with E-state index in [0.29, 0.717) is 0 Å². The van der Waals surface area contributed by atoms with Crippen molar-refractivity contribution >= 4 is 22.4 Å². The molecule has 26 heavy (non-hydrogen) atoms. The lowest BCUT2D eigenvalue weighted by Crippen LogP contribution is -2.13. The zero-order valence-electron chi connectivity index (χ0n) is 15.9. The summed E-state index contributed by atoms with van der Waals surface area (Å²) >= 11 is 0. The number of hydrogen-bond acceptors (Lipinski definition) is 4. The molecule has 0 aliphatic heterocycles. The Hall–Kier alpha value is -2.69. The molecule has 134 valence electrons. The van der Waals surface area contributed by atoms with Gasteiger partial charge in [0.2, 0.25) is 0 Å². The molecule has 0 unspecified atom stereocenters.